The van der Waals surface area contributed by atoms with Gasteiger partial charge in [-0.15, -0.1) is 0 Å². The fraction of sp³-hybridized carbons (Fsp3) is 0.375. The van der Waals surface area contributed by atoms with E-state index < -0.39 is 0 Å². The molecule has 1 fully saturated rings. The molecule has 1 saturated heterocycles. The van der Waals surface area contributed by atoms with Gasteiger partial charge in [0.25, 0.3) is 0 Å². The topological polar surface area (TPSA) is 34.1 Å². The molecule has 4 heteroatoms. The third-order valence-corrected chi connectivity index (χ3v) is 1.98. The first-order chi connectivity index (χ1) is 5.84. The van der Waals surface area contributed by atoms with Gasteiger partial charge in [0.15, 0.2) is 6.23 Å². The quantitative estimate of drug-likeness (QED) is 0.707. The predicted octanol–water partition coefficient (Wildman–Crippen LogP) is 1.43. The van der Waals surface area contributed by atoms with Crippen molar-refractivity contribution >= 4 is 11.6 Å². The van der Waals surface area contributed by atoms with Crippen LogP contribution in [0.4, 0.5) is 0 Å². The van der Waals surface area contributed by atoms with Crippen LogP contribution in [0.3, 0.4) is 0 Å². The fourth-order valence-corrected chi connectivity index (χ4v) is 1.07. The Kier molecular flexibility index (Phi) is 2.15. The van der Waals surface area contributed by atoms with Gasteiger partial charge in [-0.1, -0.05) is 11.6 Å². The minimum absolute atomic E-state index is 0.160. The Balaban J connectivity index is 1.98. The lowest BCUT2D eigenvalue weighted by Crippen LogP contribution is -2.46. The van der Waals surface area contributed by atoms with E-state index in [4.69, 9.17) is 16.3 Å². The van der Waals surface area contributed by atoms with Crippen molar-refractivity contribution in [1.82, 2.24) is 10.3 Å². The molecule has 1 aromatic heterocycles. The maximum atomic E-state index is 5.61. The summed E-state index contributed by atoms with van der Waals surface area (Å²) < 4.78 is 5.47. The number of hydrogen-bond donors (Lipinski definition) is 1. The second kappa shape index (κ2) is 3.29. The van der Waals surface area contributed by atoms with Gasteiger partial charge >= 0.3 is 0 Å². The minimum atomic E-state index is 0.160. The maximum absolute atomic E-state index is 5.61. The number of aromatic nitrogens is 1. The van der Waals surface area contributed by atoms with E-state index in [-0.39, 0.29) is 6.23 Å². The van der Waals surface area contributed by atoms with Crippen LogP contribution in [0.25, 0.3) is 0 Å². The Morgan fingerprint density at radius 1 is 1.58 bits per heavy atom. The molecule has 2 heterocycles. The molecule has 12 heavy (non-hydrogen) atoms. The lowest BCUT2D eigenvalue weighted by molar-refractivity contribution is 0.0983. The van der Waals surface area contributed by atoms with Gasteiger partial charge < -0.3 is 4.74 Å². The highest BCUT2D eigenvalue weighted by atomic mass is 35.5. The summed E-state index contributed by atoms with van der Waals surface area (Å²) in [5.74, 6) is 0.761. The van der Waals surface area contributed by atoms with Crippen molar-refractivity contribution in [2.75, 3.05) is 6.54 Å². The summed E-state index contributed by atoms with van der Waals surface area (Å²) in [7, 11) is 0. The van der Waals surface area contributed by atoms with Crippen molar-refractivity contribution in [1.29, 1.82) is 0 Å². The summed E-state index contributed by atoms with van der Waals surface area (Å²) in [5.41, 5.74) is 0. The normalized spacial score (nSPS) is 21.6. The standard InChI is InChI=1S/C8H9ClN2O/c9-7-2-1-6(5-11-7)12-8-3-4-10-8/h1-2,5,8,10H,3-4H2/t8-/m1/s1. The molecule has 1 aliphatic heterocycles. The Morgan fingerprint density at radius 2 is 2.42 bits per heavy atom. The Labute approximate surface area is 75.7 Å². The van der Waals surface area contributed by atoms with Gasteiger partial charge in [-0.05, 0) is 12.1 Å². The highest BCUT2D eigenvalue weighted by Gasteiger charge is 2.17. The number of rotatable bonds is 2. The van der Waals surface area contributed by atoms with Gasteiger partial charge in [-0.25, -0.2) is 4.98 Å². The molecule has 0 aromatic carbocycles. The number of pyridine rings is 1. The second-order valence-electron chi connectivity index (χ2n) is 2.67. The molecular weight excluding hydrogens is 176 g/mol. The molecule has 2 rings (SSSR count). The smallest absolute Gasteiger partial charge is 0.151 e. The first-order valence-electron chi connectivity index (χ1n) is 3.86. The largest absolute Gasteiger partial charge is 0.474 e. The summed E-state index contributed by atoms with van der Waals surface area (Å²) in [6, 6.07) is 3.53. The van der Waals surface area contributed by atoms with Crippen molar-refractivity contribution in [2.24, 2.45) is 0 Å². The molecule has 0 bridgehead atoms. The van der Waals surface area contributed by atoms with E-state index in [0.29, 0.717) is 5.15 Å². The van der Waals surface area contributed by atoms with E-state index in [1.807, 2.05) is 6.07 Å². The molecule has 1 N–H and O–H groups in total. The second-order valence-corrected chi connectivity index (χ2v) is 3.05. The van der Waals surface area contributed by atoms with Crippen LogP contribution >= 0.6 is 11.6 Å². The molecular formula is C8H9ClN2O. The van der Waals surface area contributed by atoms with Crippen molar-refractivity contribution in [2.45, 2.75) is 12.6 Å². The van der Waals surface area contributed by atoms with Crippen LogP contribution < -0.4 is 10.1 Å². The molecule has 0 saturated carbocycles. The van der Waals surface area contributed by atoms with E-state index in [0.717, 1.165) is 18.7 Å². The molecule has 0 unspecified atom stereocenters. The lowest BCUT2D eigenvalue weighted by Gasteiger charge is -2.27. The van der Waals surface area contributed by atoms with E-state index >= 15 is 0 Å². The zero-order valence-corrected chi connectivity index (χ0v) is 7.21. The summed E-state index contributed by atoms with van der Waals surface area (Å²) in [5, 5.41) is 3.62. The predicted molar refractivity (Wildman–Crippen MR) is 46.3 cm³/mol. The van der Waals surface area contributed by atoms with Gasteiger partial charge in [0.05, 0.1) is 6.20 Å². The first-order valence-corrected chi connectivity index (χ1v) is 4.24. The molecule has 64 valence electrons. The molecule has 0 radical (unpaired) electrons. The number of nitrogens with zero attached hydrogens (tertiary/aromatic N) is 1. The van der Waals surface area contributed by atoms with Gasteiger partial charge in [0.2, 0.25) is 0 Å². The average molecular weight is 185 g/mol. The van der Waals surface area contributed by atoms with E-state index in [9.17, 15) is 0 Å². The third-order valence-electron chi connectivity index (χ3n) is 1.76. The number of ether oxygens (including phenoxy) is 1. The number of nitrogens with one attached hydrogen (secondary N) is 1. The third kappa shape index (κ3) is 1.68. The Hall–Kier alpha value is -0.800. The summed E-state index contributed by atoms with van der Waals surface area (Å²) in [6.45, 7) is 1.03. The average Bonchev–Trinajstić information content (AvgIpc) is 2.00. The minimum Gasteiger partial charge on any atom is -0.474 e. The molecule has 0 spiro atoms. The SMILES string of the molecule is Clc1ccc(O[C@@H]2CCN2)cn1. The summed E-state index contributed by atoms with van der Waals surface area (Å²) >= 11 is 5.61. The van der Waals surface area contributed by atoms with Crippen LogP contribution in [-0.4, -0.2) is 17.8 Å². The van der Waals surface area contributed by atoms with Crippen LogP contribution in [0.15, 0.2) is 18.3 Å². The zero-order chi connectivity index (χ0) is 8.39. The molecule has 3 nitrogen and oxygen atoms in total. The molecule has 0 amide bonds. The lowest BCUT2D eigenvalue weighted by atomic mass is 10.2. The highest BCUT2D eigenvalue weighted by Crippen LogP contribution is 2.15. The van der Waals surface area contributed by atoms with Gasteiger partial charge in [-0.3, -0.25) is 5.32 Å². The first kappa shape index (κ1) is 7.83. The fourth-order valence-electron chi connectivity index (χ4n) is 0.959. The molecule has 0 aliphatic carbocycles. The van der Waals surface area contributed by atoms with Gasteiger partial charge in [0, 0.05) is 13.0 Å². The van der Waals surface area contributed by atoms with E-state index in [1.165, 1.54) is 0 Å². The van der Waals surface area contributed by atoms with Gasteiger partial charge in [-0.2, -0.15) is 0 Å². The Bertz CT molecular complexity index is 258. The number of halogens is 1. The highest BCUT2D eigenvalue weighted by molar-refractivity contribution is 6.29. The van der Waals surface area contributed by atoms with Crippen LogP contribution in [0.1, 0.15) is 6.42 Å². The van der Waals surface area contributed by atoms with Crippen LogP contribution in [-0.2, 0) is 0 Å². The van der Waals surface area contributed by atoms with Crippen LogP contribution in [0.2, 0.25) is 5.15 Å². The Morgan fingerprint density at radius 3 is 2.92 bits per heavy atom. The summed E-state index contributed by atoms with van der Waals surface area (Å²) in [4.78, 5) is 3.90. The molecule has 1 aromatic rings. The molecule has 1 aliphatic rings. The van der Waals surface area contributed by atoms with Crippen LogP contribution in [0, 0.1) is 0 Å². The summed E-state index contributed by atoms with van der Waals surface area (Å²) in [6.07, 6.45) is 2.85. The zero-order valence-electron chi connectivity index (χ0n) is 6.46. The van der Waals surface area contributed by atoms with Crippen molar-refractivity contribution in [3.05, 3.63) is 23.5 Å². The molecule has 1 atom stereocenters. The van der Waals surface area contributed by atoms with Crippen molar-refractivity contribution in [3.63, 3.8) is 0 Å². The van der Waals surface area contributed by atoms with E-state index in [1.54, 1.807) is 12.3 Å². The number of hydrogen-bond acceptors (Lipinski definition) is 3. The van der Waals surface area contributed by atoms with Crippen molar-refractivity contribution < 1.29 is 4.74 Å². The van der Waals surface area contributed by atoms with E-state index in [2.05, 4.69) is 10.3 Å². The monoisotopic (exact) mass is 184 g/mol. The maximum Gasteiger partial charge on any atom is 0.151 e. The van der Waals surface area contributed by atoms with Gasteiger partial charge in [0.1, 0.15) is 10.9 Å². The van der Waals surface area contributed by atoms with Crippen molar-refractivity contribution in [3.8, 4) is 5.75 Å². The van der Waals surface area contributed by atoms with Crippen LogP contribution in [0.5, 0.6) is 5.75 Å².